The number of ether oxygens (including phenoxy) is 1. The molecule has 148 valence electrons. The average Bonchev–Trinajstić information content (AvgIpc) is 2.70. The Labute approximate surface area is 180 Å². The van der Waals surface area contributed by atoms with E-state index in [1.165, 1.54) is 31.0 Å². The normalized spacial score (nSPS) is 15.7. The first-order valence-electron chi connectivity index (χ1n) is 8.74. The number of esters is 1. The molecule has 1 unspecified atom stereocenters. The van der Waals surface area contributed by atoms with Gasteiger partial charge >= 0.3 is 5.97 Å². The smallest absolute Gasteiger partial charge is 0.338 e. The summed E-state index contributed by atoms with van der Waals surface area (Å²) >= 11 is 6.97. The van der Waals surface area contributed by atoms with Crippen molar-refractivity contribution in [2.75, 3.05) is 16.8 Å². The predicted molar refractivity (Wildman–Crippen MR) is 116 cm³/mol. The number of halogens is 2. The number of amides is 1. The summed E-state index contributed by atoms with van der Waals surface area (Å²) < 4.78 is 20.0. The summed E-state index contributed by atoms with van der Waals surface area (Å²) in [5.41, 5.74) is 1.58. The molecule has 0 aromatic heterocycles. The minimum absolute atomic E-state index is 0.0305. The Morgan fingerprint density at radius 1 is 1.18 bits per heavy atom. The third kappa shape index (κ3) is 5.52. The number of thioether (sulfide) groups is 2. The largest absolute Gasteiger partial charge is 0.449 e. The number of hydrogen-bond donors (Lipinski definition) is 1. The molecule has 1 aliphatic heterocycles. The van der Waals surface area contributed by atoms with Crippen LogP contribution in [0.15, 0.2) is 46.9 Å². The van der Waals surface area contributed by atoms with Crippen LogP contribution in [0.4, 0.5) is 10.1 Å². The fourth-order valence-electron chi connectivity index (χ4n) is 2.56. The van der Waals surface area contributed by atoms with Gasteiger partial charge in [-0.2, -0.15) is 0 Å². The van der Waals surface area contributed by atoms with Gasteiger partial charge in [-0.25, -0.2) is 9.18 Å². The van der Waals surface area contributed by atoms with E-state index < -0.39 is 23.8 Å². The number of carbonyl (C=O) groups excluding carboxylic acids is 2. The molecule has 2 aromatic rings. The molecule has 4 nitrogen and oxygen atoms in total. The van der Waals surface area contributed by atoms with Crippen molar-refractivity contribution < 1.29 is 18.7 Å². The molecule has 0 radical (unpaired) electrons. The molecule has 1 saturated heterocycles. The first kappa shape index (κ1) is 21.2. The summed E-state index contributed by atoms with van der Waals surface area (Å²) in [5, 5.41) is 2.43. The molecule has 8 heteroatoms. The van der Waals surface area contributed by atoms with Gasteiger partial charge in [0.25, 0.3) is 5.91 Å². The molecule has 2 aromatic carbocycles. The Bertz CT molecular complexity index is 857. The van der Waals surface area contributed by atoms with E-state index in [1.807, 2.05) is 35.7 Å². The Balaban J connectivity index is 1.57. The monoisotopic (exact) mass is 483 g/mol. The van der Waals surface area contributed by atoms with Crippen LogP contribution in [0.3, 0.4) is 0 Å². The standard InChI is InChI=1S/C20H19BrFNO3S2/c1-12(18(24)23-17-8-7-15(21)11-16(17)22)26-19(25)13-3-5-14(6-4-13)20-27-9-2-10-28-20/h3-8,11-12,20H,2,9-10H2,1H3,(H,23,24). The third-order valence-corrected chi connectivity index (χ3v) is 7.60. The van der Waals surface area contributed by atoms with Crippen molar-refractivity contribution in [1.29, 1.82) is 0 Å². The van der Waals surface area contributed by atoms with E-state index in [0.717, 1.165) is 11.5 Å². The molecule has 0 bridgehead atoms. The Kier molecular flexibility index (Phi) is 7.42. The summed E-state index contributed by atoms with van der Waals surface area (Å²) in [5.74, 6) is 0.533. The van der Waals surface area contributed by atoms with Gasteiger partial charge in [0.2, 0.25) is 0 Å². The van der Waals surface area contributed by atoms with E-state index in [0.29, 0.717) is 14.6 Å². The second kappa shape index (κ2) is 9.80. The van der Waals surface area contributed by atoms with Gasteiger partial charge in [-0.1, -0.05) is 28.1 Å². The topological polar surface area (TPSA) is 55.4 Å². The van der Waals surface area contributed by atoms with E-state index in [4.69, 9.17) is 4.74 Å². The molecular formula is C20H19BrFNO3S2. The first-order valence-corrected chi connectivity index (χ1v) is 11.6. The van der Waals surface area contributed by atoms with Crippen molar-refractivity contribution in [3.05, 3.63) is 63.9 Å². The Hall–Kier alpha value is -1.51. The quantitative estimate of drug-likeness (QED) is 0.557. The van der Waals surface area contributed by atoms with Crippen molar-refractivity contribution in [1.82, 2.24) is 0 Å². The van der Waals surface area contributed by atoms with Crippen LogP contribution in [0.1, 0.15) is 33.8 Å². The number of hydrogen-bond acceptors (Lipinski definition) is 5. The maximum absolute atomic E-state index is 13.8. The van der Waals surface area contributed by atoms with Crippen LogP contribution in [0.2, 0.25) is 0 Å². The lowest BCUT2D eigenvalue weighted by atomic mass is 10.1. The van der Waals surface area contributed by atoms with E-state index in [-0.39, 0.29) is 5.69 Å². The Morgan fingerprint density at radius 2 is 1.86 bits per heavy atom. The van der Waals surface area contributed by atoms with Gasteiger partial charge < -0.3 is 10.1 Å². The molecule has 1 heterocycles. The summed E-state index contributed by atoms with van der Waals surface area (Å²) in [6.45, 7) is 1.45. The lowest BCUT2D eigenvalue weighted by Crippen LogP contribution is -2.30. The van der Waals surface area contributed by atoms with Crippen LogP contribution >= 0.6 is 39.5 Å². The molecule has 0 aliphatic carbocycles. The predicted octanol–water partition coefficient (Wildman–Crippen LogP) is 5.64. The van der Waals surface area contributed by atoms with Crippen molar-refractivity contribution in [2.45, 2.75) is 24.0 Å². The van der Waals surface area contributed by atoms with Crippen molar-refractivity contribution in [3.8, 4) is 0 Å². The van der Waals surface area contributed by atoms with Gasteiger partial charge in [0.05, 0.1) is 15.8 Å². The highest BCUT2D eigenvalue weighted by Crippen LogP contribution is 2.43. The highest BCUT2D eigenvalue weighted by atomic mass is 79.9. The zero-order chi connectivity index (χ0) is 20.1. The maximum atomic E-state index is 13.8. The first-order chi connectivity index (χ1) is 13.4. The zero-order valence-corrected chi connectivity index (χ0v) is 18.3. The maximum Gasteiger partial charge on any atom is 0.338 e. The fraction of sp³-hybridized carbons (Fsp3) is 0.300. The molecule has 1 amide bonds. The van der Waals surface area contributed by atoms with Gasteiger partial charge in [0, 0.05) is 4.47 Å². The molecular weight excluding hydrogens is 465 g/mol. The molecule has 0 saturated carbocycles. The lowest BCUT2D eigenvalue weighted by Gasteiger charge is -2.21. The van der Waals surface area contributed by atoms with Gasteiger partial charge in [-0.15, -0.1) is 23.5 Å². The lowest BCUT2D eigenvalue weighted by molar-refractivity contribution is -0.123. The van der Waals surface area contributed by atoms with Crippen molar-refractivity contribution >= 4 is 57.0 Å². The van der Waals surface area contributed by atoms with E-state index in [2.05, 4.69) is 21.2 Å². The van der Waals surface area contributed by atoms with E-state index in [9.17, 15) is 14.0 Å². The SMILES string of the molecule is CC(OC(=O)c1ccc(C2SCCCS2)cc1)C(=O)Nc1ccc(Br)cc1F. The summed E-state index contributed by atoms with van der Waals surface area (Å²) in [7, 11) is 0. The van der Waals surface area contributed by atoms with E-state index in [1.54, 1.807) is 18.2 Å². The highest BCUT2D eigenvalue weighted by Gasteiger charge is 2.21. The number of anilines is 1. The molecule has 3 rings (SSSR count). The molecule has 28 heavy (non-hydrogen) atoms. The second-order valence-electron chi connectivity index (χ2n) is 6.21. The van der Waals surface area contributed by atoms with Crippen LogP contribution in [0.5, 0.6) is 0 Å². The minimum Gasteiger partial charge on any atom is -0.449 e. The highest BCUT2D eigenvalue weighted by molar-refractivity contribution is 9.10. The van der Waals surface area contributed by atoms with Crippen LogP contribution in [-0.4, -0.2) is 29.5 Å². The van der Waals surface area contributed by atoms with Gasteiger partial charge in [-0.05, 0) is 60.7 Å². The number of rotatable bonds is 5. The third-order valence-electron chi connectivity index (χ3n) is 4.09. The summed E-state index contributed by atoms with van der Waals surface area (Å²) in [6, 6.07) is 11.6. The number of benzene rings is 2. The van der Waals surface area contributed by atoms with Gasteiger partial charge in [0.1, 0.15) is 5.82 Å². The van der Waals surface area contributed by atoms with Crippen LogP contribution in [0.25, 0.3) is 0 Å². The zero-order valence-electron chi connectivity index (χ0n) is 15.1. The number of nitrogens with one attached hydrogen (secondary N) is 1. The molecule has 0 spiro atoms. The van der Waals surface area contributed by atoms with Crippen molar-refractivity contribution in [3.63, 3.8) is 0 Å². The Morgan fingerprint density at radius 3 is 2.50 bits per heavy atom. The fourth-order valence-corrected chi connectivity index (χ4v) is 5.79. The van der Waals surface area contributed by atoms with Gasteiger partial charge in [-0.3, -0.25) is 4.79 Å². The van der Waals surface area contributed by atoms with Crippen LogP contribution in [-0.2, 0) is 9.53 Å². The molecule has 1 fully saturated rings. The minimum atomic E-state index is -1.06. The summed E-state index contributed by atoms with van der Waals surface area (Å²) in [6.07, 6.45) is 0.167. The second-order valence-corrected chi connectivity index (χ2v) is 9.85. The molecule has 1 atom stereocenters. The van der Waals surface area contributed by atoms with Crippen LogP contribution in [0, 0.1) is 5.82 Å². The average molecular weight is 484 g/mol. The van der Waals surface area contributed by atoms with Gasteiger partial charge in [0.15, 0.2) is 6.10 Å². The van der Waals surface area contributed by atoms with Crippen LogP contribution < -0.4 is 5.32 Å². The van der Waals surface area contributed by atoms with Crippen molar-refractivity contribution in [2.24, 2.45) is 0 Å². The van der Waals surface area contributed by atoms with E-state index >= 15 is 0 Å². The molecule has 1 aliphatic rings. The summed E-state index contributed by atoms with van der Waals surface area (Å²) in [4.78, 5) is 24.5. The molecule has 1 N–H and O–H groups in total. The number of carbonyl (C=O) groups is 2.